The molecule has 23 heavy (non-hydrogen) atoms. The molecular formula is C17H27ClN2O2S. The number of hydrogen-bond donors (Lipinski definition) is 1. The fraction of sp³-hybridized carbons (Fsp3) is 0.647. The van der Waals surface area contributed by atoms with Gasteiger partial charge in [-0.2, -0.15) is 4.31 Å². The van der Waals surface area contributed by atoms with Gasteiger partial charge in [-0.15, -0.1) is 12.4 Å². The molecule has 2 heterocycles. The number of halogens is 1. The van der Waals surface area contributed by atoms with Crippen LogP contribution in [-0.4, -0.2) is 38.4 Å². The molecule has 0 bridgehead atoms. The number of nitrogens with one attached hydrogen (secondary N) is 1. The summed E-state index contributed by atoms with van der Waals surface area (Å²) in [5.41, 5.74) is 1.83. The minimum atomic E-state index is -3.35. The second-order valence-corrected chi connectivity index (χ2v) is 8.62. The van der Waals surface area contributed by atoms with Crippen molar-refractivity contribution in [2.75, 3.05) is 19.6 Å². The van der Waals surface area contributed by atoms with Crippen molar-refractivity contribution < 1.29 is 8.42 Å². The fourth-order valence-electron chi connectivity index (χ4n) is 3.76. The Labute approximate surface area is 146 Å². The van der Waals surface area contributed by atoms with E-state index >= 15 is 0 Å². The Balaban J connectivity index is 0.00000192. The largest absolute Gasteiger partial charge is 0.314 e. The quantitative estimate of drug-likeness (QED) is 0.903. The van der Waals surface area contributed by atoms with Crippen LogP contribution in [0.2, 0.25) is 0 Å². The van der Waals surface area contributed by atoms with Crippen LogP contribution in [0.3, 0.4) is 0 Å². The number of rotatable bonds is 3. The van der Waals surface area contributed by atoms with E-state index in [1.54, 1.807) is 10.4 Å². The van der Waals surface area contributed by atoms with Gasteiger partial charge in [0.05, 0.1) is 4.90 Å². The Morgan fingerprint density at radius 2 is 1.83 bits per heavy atom. The maximum Gasteiger partial charge on any atom is 0.243 e. The third-order valence-corrected chi connectivity index (χ3v) is 7.17. The maximum atomic E-state index is 12.9. The van der Waals surface area contributed by atoms with Crippen LogP contribution in [0.4, 0.5) is 0 Å². The molecule has 1 atom stereocenters. The van der Waals surface area contributed by atoms with Gasteiger partial charge in [-0.05, 0) is 69.2 Å². The Hall–Kier alpha value is -0.620. The summed E-state index contributed by atoms with van der Waals surface area (Å²) in [6.45, 7) is 6.24. The topological polar surface area (TPSA) is 49.4 Å². The van der Waals surface area contributed by atoms with E-state index in [2.05, 4.69) is 5.32 Å². The second-order valence-electron chi connectivity index (χ2n) is 6.71. The molecule has 2 aliphatic heterocycles. The van der Waals surface area contributed by atoms with Gasteiger partial charge in [-0.1, -0.05) is 12.1 Å². The molecule has 1 aromatic rings. The molecule has 2 aliphatic rings. The lowest BCUT2D eigenvalue weighted by molar-refractivity contribution is 0.234. The number of piperidine rings is 1. The molecule has 6 heteroatoms. The average Bonchev–Trinajstić information content (AvgIpc) is 3.04. The molecule has 2 fully saturated rings. The van der Waals surface area contributed by atoms with E-state index in [1.807, 2.05) is 26.0 Å². The van der Waals surface area contributed by atoms with Gasteiger partial charge in [0.1, 0.15) is 0 Å². The van der Waals surface area contributed by atoms with E-state index in [0.29, 0.717) is 29.9 Å². The van der Waals surface area contributed by atoms with Gasteiger partial charge in [0.15, 0.2) is 0 Å². The lowest BCUT2D eigenvalue weighted by atomic mass is 9.89. The predicted molar refractivity (Wildman–Crippen MR) is 95.7 cm³/mol. The Kier molecular flexibility index (Phi) is 6.11. The Morgan fingerprint density at radius 3 is 2.43 bits per heavy atom. The summed E-state index contributed by atoms with van der Waals surface area (Å²) in [6, 6.07) is 6.27. The van der Waals surface area contributed by atoms with Crippen LogP contribution in [-0.2, 0) is 10.0 Å². The van der Waals surface area contributed by atoms with Gasteiger partial charge in [-0.3, -0.25) is 0 Å². The zero-order valence-electron chi connectivity index (χ0n) is 13.9. The molecule has 130 valence electrons. The minimum Gasteiger partial charge on any atom is -0.314 e. The van der Waals surface area contributed by atoms with Gasteiger partial charge >= 0.3 is 0 Å². The summed E-state index contributed by atoms with van der Waals surface area (Å²) >= 11 is 0. The number of benzene rings is 1. The molecular weight excluding hydrogens is 332 g/mol. The molecule has 3 rings (SSSR count). The van der Waals surface area contributed by atoms with Crippen LogP contribution in [0.25, 0.3) is 0 Å². The zero-order chi connectivity index (χ0) is 15.7. The summed E-state index contributed by atoms with van der Waals surface area (Å²) in [6.07, 6.45) is 4.45. The monoisotopic (exact) mass is 358 g/mol. The molecule has 4 nitrogen and oxygen atoms in total. The Morgan fingerprint density at radius 1 is 1.13 bits per heavy atom. The number of hydrogen-bond acceptors (Lipinski definition) is 3. The van der Waals surface area contributed by atoms with Gasteiger partial charge in [0, 0.05) is 19.1 Å². The van der Waals surface area contributed by atoms with Crippen LogP contribution >= 0.6 is 12.4 Å². The predicted octanol–water partition coefficient (Wildman–Crippen LogP) is 2.88. The summed E-state index contributed by atoms with van der Waals surface area (Å²) in [5.74, 6) is 0.632. The molecule has 0 saturated carbocycles. The first-order chi connectivity index (χ1) is 10.5. The summed E-state index contributed by atoms with van der Waals surface area (Å²) < 4.78 is 27.5. The summed E-state index contributed by atoms with van der Waals surface area (Å²) in [4.78, 5) is 0.477. The number of sulfonamides is 1. The van der Waals surface area contributed by atoms with Crippen molar-refractivity contribution in [3.63, 3.8) is 0 Å². The molecule has 0 aromatic heterocycles. The SMILES string of the molecule is Cc1ccc(C)c(S(=O)(=O)N2CCC(C3CCCN3)CC2)c1.Cl. The van der Waals surface area contributed by atoms with Crippen LogP contribution in [0.5, 0.6) is 0 Å². The molecule has 2 saturated heterocycles. The highest BCUT2D eigenvalue weighted by atomic mass is 35.5. The van der Waals surface area contributed by atoms with Crippen molar-refractivity contribution in [3.8, 4) is 0 Å². The highest BCUT2D eigenvalue weighted by molar-refractivity contribution is 7.89. The molecule has 1 aromatic carbocycles. The van der Waals surface area contributed by atoms with Crippen LogP contribution in [0.1, 0.15) is 36.8 Å². The third kappa shape index (κ3) is 3.90. The van der Waals surface area contributed by atoms with Crippen molar-refractivity contribution in [1.29, 1.82) is 0 Å². The lowest BCUT2D eigenvalue weighted by Crippen LogP contribution is -2.43. The maximum absolute atomic E-state index is 12.9. The molecule has 0 amide bonds. The lowest BCUT2D eigenvalue weighted by Gasteiger charge is -2.34. The minimum absolute atomic E-state index is 0. The highest BCUT2D eigenvalue weighted by Gasteiger charge is 2.33. The van der Waals surface area contributed by atoms with Gasteiger partial charge < -0.3 is 5.32 Å². The molecule has 0 spiro atoms. The van der Waals surface area contributed by atoms with E-state index in [9.17, 15) is 8.42 Å². The van der Waals surface area contributed by atoms with Crippen LogP contribution in [0, 0.1) is 19.8 Å². The van der Waals surface area contributed by atoms with E-state index in [-0.39, 0.29) is 12.4 Å². The van der Waals surface area contributed by atoms with Gasteiger partial charge in [0.25, 0.3) is 0 Å². The van der Waals surface area contributed by atoms with Crippen molar-refractivity contribution in [2.24, 2.45) is 5.92 Å². The van der Waals surface area contributed by atoms with E-state index in [0.717, 1.165) is 30.5 Å². The number of nitrogens with zero attached hydrogens (tertiary/aromatic N) is 1. The van der Waals surface area contributed by atoms with Gasteiger partial charge in [-0.25, -0.2) is 8.42 Å². The van der Waals surface area contributed by atoms with E-state index in [1.165, 1.54) is 12.8 Å². The first-order valence-corrected chi connectivity index (χ1v) is 9.73. The van der Waals surface area contributed by atoms with Gasteiger partial charge in [0.2, 0.25) is 10.0 Å². The van der Waals surface area contributed by atoms with Crippen molar-refractivity contribution in [3.05, 3.63) is 29.3 Å². The van der Waals surface area contributed by atoms with Crippen LogP contribution < -0.4 is 5.32 Å². The average molecular weight is 359 g/mol. The summed E-state index contributed by atoms with van der Waals surface area (Å²) in [5, 5.41) is 3.56. The second kappa shape index (κ2) is 7.51. The first-order valence-electron chi connectivity index (χ1n) is 8.29. The zero-order valence-corrected chi connectivity index (χ0v) is 15.5. The van der Waals surface area contributed by atoms with E-state index < -0.39 is 10.0 Å². The Bertz CT molecular complexity index is 634. The van der Waals surface area contributed by atoms with Crippen LogP contribution in [0.15, 0.2) is 23.1 Å². The fourth-order valence-corrected chi connectivity index (χ4v) is 5.54. The summed E-state index contributed by atoms with van der Waals surface area (Å²) in [7, 11) is -3.35. The first kappa shape index (κ1) is 18.7. The highest BCUT2D eigenvalue weighted by Crippen LogP contribution is 2.29. The molecule has 0 radical (unpaired) electrons. The molecule has 1 N–H and O–H groups in total. The number of aryl methyl sites for hydroxylation is 2. The molecule has 0 aliphatic carbocycles. The van der Waals surface area contributed by atoms with E-state index in [4.69, 9.17) is 0 Å². The smallest absolute Gasteiger partial charge is 0.243 e. The van der Waals surface area contributed by atoms with Crippen molar-refractivity contribution in [2.45, 2.75) is 50.5 Å². The normalized spacial score (nSPS) is 23.7. The third-order valence-electron chi connectivity index (χ3n) is 5.13. The molecule has 1 unspecified atom stereocenters. The standard InChI is InChI=1S/C17H26N2O2S.ClH/c1-13-5-6-14(2)17(12-13)22(20,21)19-10-7-15(8-11-19)16-4-3-9-18-16;/h5-6,12,15-16,18H,3-4,7-11H2,1-2H3;1H. The van der Waals surface area contributed by atoms with Crippen molar-refractivity contribution in [1.82, 2.24) is 9.62 Å². The van der Waals surface area contributed by atoms with Crippen molar-refractivity contribution >= 4 is 22.4 Å².